The molecule has 0 radical (unpaired) electrons. The average molecular weight is 249 g/mol. The minimum Gasteiger partial charge on any atom is -0.338 e. The number of aryl methyl sites for hydroxylation is 1. The van der Waals surface area contributed by atoms with Crippen molar-refractivity contribution in [2.75, 3.05) is 7.05 Å². The molecule has 2 N–H and O–H groups in total. The molecule has 4 heteroatoms. The number of amides is 1. The molecule has 1 atom stereocenters. The first-order valence-corrected chi connectivity index (χ1v) is 6.15. The molecule has 0 saturated heterocycles. The summed E-state index contributed by atoms with van der Waals surface area (Å²) in [6.45, 7) is 8.33. The van der Waals surface area contributed by atoms with Crippen molar-refractivity contribution in [1.82, 2.24) is 9.88 Å². The third-order valence-corrected chi connectivity index (χ3v) is 2.92. The van der Waals surface area contributed by atoms with Crippen LogP contribution in [0.4, 0.5) is 0 Å². The van der Waals surface area contributed by atoms with Gasteiger partial charge in [0.15, 0.2) is 0 Å². The maximum Gasteiger partial charge on any atom is 0.240 e. The monoisotopic (exact) mass is 249 g/mol. The Morgan fingerprint density at radius 1 is 1.44 bits per heavy atom. The third-order valence-electron chi connectivity index (χ3n) is 2.92. The van der Waals surface area contributed by atoms with Crippen LogP contribution in [0.15, 0.2) is 18.2 Å². The highest BCUT2D eigenvalue weighted by Gasteiger charge is 2.29. The number of nitrogens with zero attached hydrogens (tertiary/aromatic N) is 2. The number of hydrogen-bond acceptors (Lipinski definition) is 3. The molecule has 1 rings (SSSR count). The number of nitrogens with two attached hydrogens (primary N) is 1. The number of hydrogen-bond donors (Lipinski definition) is 1. The van der Waals surface area contributed by atoms with Gasteiger partial charge in [-0.1, -0.05) is 26.8 Å². The molecule has 0 unspecified atom stereocenters. The molecule has 1 aromatic rings. The number of pyridine rings is 1. The molecule has 0 spiro atoms. The Balaban J connectivity index is 2.71. The second-order valence-corrected chi connectivity index (χ2v) is 5.81. The molecule has 1 heterocycles. The molecule has 0 bridgehead atoms. The van der Waals surface area contributed by atoms with E-state index in [2.05, 4.69) is 4.98 Å². The van der Waals surface area contributed by atoms with Crippen LogP contribution in [0.1, 0.15) is 32.2 Å². The number of rotatable bonds is 3. The van der Waals surface area contributed by atoms with E-state index >= 15 is 0 Å². The van der Waals surface area contributed by atoms with E-state index in [-0.39, 0.29) is 11.3 Å². The molecule has 1 amide bonds. The summed E-state index contributed by atoms with van der Waals surface area (Å²) in [6.07, 6.45) is 0. The normalized spacial score (nSPS) is 13.2. The topological polar surface area (TPSA) is 59.2 Å². The van der Waals surface area contributed by atoms with Gasteiger partial charge in [0.05, 0.1) is 18.3 Å². The molecule has 100 valence electrons. The Labute approximate surface area is 109 Å². The Morgan fingerprint density at radius 3 is 2.56 bits per heavy atom. The molecule has 4 nitrogen and oxygen atoms in total. The summed E-state index contributed by atoms with van der Waals surface area (Å²) < 4.78 is 0. The van der Waals surface area contributed by atoms with Gasteiger partial charge < -0.3 is 10.6 Å². The van der Waals surface area contributed by atoms with E-state index in [1.807, 2.05) is 45.9 Å². The van der Waals surface area contributed by atoms with Gasteiger partial charge in [0, 0.05) is 12.7 Å². The van der Waals surface area contributed by atoms with Crippen LogP contribution in [-0.2, 0) is 11.3 Å². The number of carbonyl (C=O) groups excluding carboxylic acids is 1. The van der Waals surface area contributed by atoms with Crippen LogP contribution in [0, 0.1) is 12.3 Å². The van der Waals surface area contributed by atoms with Crippen LogP contribution in [0.3, 0.4) is 0 Å². The summed E-state index contributed by atoms with van der Waals surface area (Å²) >= 11 is 0. The van der Waals surface area contributed by atoms with Crippen molar-refractivity contribution >= 4 is 5.91 Å². The molecule has 0 aliphatic heterocycles. The van der Waals surface area contributed by atoms with Gasteiger partial charge >= 0.3 is 0 Å². The summed E-state index contributed by atoms with van der Waals surface area (Å²) in [6, 6.07) is 5.30. The minimum absolute atomic E-state index is 0.0502. The SMILES string of the molecule is Cc1cccc(CN(C)C(=O)[C@@H](N)C(C)(C)C)n1. The van der Waals surface area contributed by atoms with Crippen LogP contribution >= 0.6 is 0 Å². The van der Waals surface area contributed by atoms with Crippen molar-refractivity contribution in [3.63, 3.8) is 0 Å². The number of carbonyl (C=O) groups is 1. The molecular weight excluding hydrogens is 226 g/mol. The van der Waals surface area contributed by atoms with Crippen LogP contribution in [-0.4, -0.2) is 28.9 Å². The van der Waals surface area contributed by atoms with Crippen molar-refractivity contribution in [1.29, 1.82) is 0 Å². The van der Waals surface area contributed by atoms with E-state index in [1.54, 1.807) is 11.9 Å². The van der Waals surface area contributed by atoms with Gasteiger partial charge in [-0.15, -0.1) is 0 Å². The lowest BCUT2D eigenvalue weighted by atomic mass is 9.86. The predicted molar refractivity (Wildman–Crippen MR) is 72.9 cm³/mol. The van der Waals surface area contributed by atoms with Crippen LogP contribution < -0.4 is 5.73 Å². The zero-order valence-electron chi connectivity index (χ0n) is 11.9. The Bertz CT molecular complexity index is 423. The van der Waals surface area contributed by atoms with Gasteiger partial charge in [0.2, 0.25) is 5.91 Å². The summed E-state index contributed by atoms with van der Waals surface area (Å²) in [5.41, 5.74) is 7.57. The molecule has 0 fully saturated rings. The van der Waals surface area contributed by atoms with Crippen molar-refractivity contribution in [2.24, 2.45) is 11.1 Å². The fraction of sp³-hybridized carbons (Fsp3) is 0.571. The maximum absolute atomic E-state index is 12.2. The lowest BCUT2D eigenvalue weighted by molar-refractivity contribution is -0.134. The van der Waals surface area contributed by atoms with Crippen molar-refractivity contribution < 1.29 is 4.79 Å². The Morgan fingerprint density at radius 2 is 2.06 bits per heavy atom. The van der Waals surface area contributed by atoms with Crippen molar-refractivity contribution in [2.45, 2.75) is 40.3 Å². The van der Waals surface area contributed by atoms with E-state index < -0.39 is 6.04 Å². The van der Waals surface area contributed by atoms with Gasteiger partial charge in [0.1, 0.15) is 0 Å². The third kappa shape index (κ3) is 3.81. The van der Waals surface area contributed by atoms with Gasteiger partial charge in [-0.3, -0.25) is 9.78 Å². The predicted octanol–water partition coefficient (Wildman–Crippen LogP) is 1.72. The minimum atomic E-state index is -0.493. The molecule has 1 aromatic heterocycles. The fourth-order valence-electron chi connectivity index (χ4n) is 1.62. The molecule has 18 heavy (non-hydrogen) atoms. The van der Waals surface area contributed by atoms with E-state index in [9.17, 15) is 4.79 Å². The zero-order chi connectivity index (χ0) is 13.9. The first kappa shape index (κ1) is 14.6. The number of likely N-dealkylation sites (N-methyl/N-ethyl adjacent to an activating group) is 1. The summed E-state index contributed by atoms with van der Waals surface area (Å²) in [5, 5.41) is 0. The second kappa shape index (κ2) is 5.48. The van der Waals surface area contributed by atoms with Crippen LogP contribution in [0.25, 0.3) is 0 Å². The standard InChI is InChI=1S/C14H23N3O/c1-10-7-6-8-11(16-10)9-17(5)13(18)12(15)14(2,3)4/h6-8,12H,9,15H2,1-5H3/t12-/m1/s1. The average Bonchev–Trinajstić information content (AvgIpc) is 2.25. The van der Waals surface area contributed by atoms with E-state index in [1.165, 1.54) is 0 Å². The molecule has 0 aromatic carbocycles. The smallest absolute Gasteiger partial charge is 0.240 e. The van der Waals surface area contributed by atoms with Gasteiger partial charge in [-0.2, -0.15) is 0 Å². The second-order valence-electron chi connectivity index (χ2n) is 5.81. The van der Waals surface area contributed by atoms with Crippen molar-refractivity contribution in [3.05, 3.63) is 29.6 Å². The lowest BCUT2D eigenvalue weighted by Gasteiger charge is -2.29. The van der Waals surface area contributed by atoms with E-state index in [0.717, 1.165) is 11.4 Å². The summed E-state index contributed by atoms with van der Waals surface area (Å²) in [7, 11) is 1.76. The van der Waals surface area contributed by atoms with Crippen molar-refractivity contribution in [3.8, 4) is 0 Å². The highest BCUT2D eigenvalue weighted by Crippen LogP contribution is 2.19. The van der Waals surface area contributed by atoms with Gasteiger partial charge in [-0.05, 0) is 24.5 Å². The largest absolute Gasteiger partial charge is 0.338 e. The number of aromatic nitrogens is 1. The quantitative estimate of drug-likeness (QED) is 0.887. The Hall–Kier alpha value is -1.42. The first-order valence-electron chi connectivity index (χ1n) is 6.15. The Kier molecular flexibility index (Phi) is 4.46. The van der Waals surface area contributed by atoms with Gasteiger partial charge in [0.25, 0.3) is 0 Å². The first-order chi connectivity index (χ1) is 8.21. The highest BCUT2D eigenvalue weighted by atomic mass is 16.2. The fourth-order valence-corrected chi connectivity index (χ4v) is 1.62. The van der Waals surface area contributed by atoms with Crippen LogP contribution in [0.2, 0.25) is 0 Å². The molecular formula is C14H23N3O. The molecule has 0 saturated carbocycles. The van der Waals surface area contributed by atoms with E-state index in [0.29, 0.717) is 6.54 Å². The lowest BCUT2D eigenvalue weighted by Crippen LogP contribution is -2.49. The maximum atomic E-state index is 12.2. The zero-order valence-corrected chi connectivity index (χ0v) is 11.9. The van der Waals surface area contributed by atoms with E-state index in [4.69, 9.17) is 5.73 Å². The summed E-state index contributed by atoms with van der Waals surface area (Å²) in [4.78, 5) is 18.2. The molecule has 0 aliphatic carbocycles. The van der Waals surface area contributed by atoms with Gasteiger partial charge in [-0.25, -0.2) is 0 Å². The highest BCUT2D eigenvalue weighted by molar-refractivity contribution is 5.82. The van der Waals surface area contributed by atoms with Crippen LogP contribution in [0.5, 0.6) is 0 Å². The summed E-state index contributed by atoms with van der Waals surface area (Å²) in [5.74, 6) is -0.0502. The molecule has 0 aliphatic rings.